The molecule has 0 aromatic rings. The fourth-order valence-corrected chi connectivity index (χ4v) is 0.327. The van der Waals surface area contributed by atoms with E-state index in [0.29, 0.717) is 0 Å². The highest BCUT2D eigenvalue weighted by Gasteiger charge is 2.08. The minimum Gasteiger partial charge on any atom is -0.295 e. The number of alkyl halides is 1. The minimum atomic E-state index is -0.645. The highest BCUT2D eigenvalue weighted by atomic mass is 35.5. The number of halogens is 1. The summed E-state index contributed by atoms with van der Waals surface area (Å²) in [6.45, 7) is 2.76. The molecule has 0 aromatic carbocycles. The topological polar surface area (TPSA) is 46.2 Å². The Balaban J connectivity index is 3.64. The van der Waals surface area contributed by atoms with Gasteiger partial charge in [0, 0.05) is 6.92 Å². The molecule has 2 amide bonds. The van der Waals surface area contributed by atoms with Gasteiger partial charge < -0.3 is 0 Å². The van der Waals surface area contributed by atoms with E-state index in [4.69, 9.17) is 11.6 Å². The highest BCUT2D eigenvalue weighted by molar-refractivity contribution is 6.31. The lowest BCUT2D eigenvalue weighted by Gasteiger charge is -1.99. The van der Waals surface area contributed by atoms with Crippen LogP contribution in [0.2, 0.25) is 0 Å². The van der Waals surface area contributed by atoms with Crippen molar-refractivity contribution >= 4 is 23.4 Å². The van der Waals surface area contributed by atoms with Gasteiger partial charge in [-0.25, -0.2) is 0 Å². The number of hydrogen-bond acceptors (Lipinski definition) is 2. The summed E-state index contributed by atoms with van der Waals surface area (Å²) in [5.41, 5.74) is 0. The lowest BCUT2D eigenvalue weighted by Crippen LogP contribution is -2.33. The number of rotatable bonds is 1. The second-order valence-corrected chi connectivity index (χ2v) is 2.32. The van der Waals surface area contributed by atoms with E-state index in [0.717, 1.165) is 0 Å². The van der Waals surface area contributed by atoms with Crippen LogP contribution in [0.1, 0.15) is 13.8 Å². The lowest BCUT2D eigenvalue weighted by atomic mass is 10.4. The summed E-state index contributed by atoms with van der Waals surface area (Å²) in [6, 6.07) is 0. The smallest absolute Gasteiger partial charge is 0.244 e. The normalized spacial score (nSPS) is 12.3. The molecule has 0 fully saturated rings. The molecule has 0 bridgehead atoms. The SMILES string of the molecule is CC(=O)NC(=O)C(C)Cl. The molecule has 0 saturated heterocycles. The molecular weight excluding hydrogens is 142 g/mol. The van der Waals surface area contributed by atoms with Crippen LogP contribution in [0.25, 0.3) is 0 Å². The Kier molecular flexibility index (Phi) is 3.24. The van der Waals surface area contributed by atoms with Gasteiger partial charge in [-0.3, -0.25) is 14.9 Å². The zero-order valence-corrected chi connectivity index (χ0v) is 6.03. The van der Waals surface area contributed by atoms with E-state index in [1.807, 2.05) is 5.32 Å². The average Bonchev–Trinajstić information content (AvgIpc) is 1.63. The maximum absolute atomic E-state index is 10.5. The molecule has 0 aromatic heterocycles. The third-order valence-electron chi connectivity index (χ3n) is 0.661. The Hall–Kier alpha value is -0.570. The summed E-state index contributed by atoms with van der Waals surface area (Å²) in [5.74, 6) is -0.836. The Labute approximate surface area is 58.4 Å². The second kappa shape index (κ2) is 3.45. The molecular formula is C5H8ClNO2. The standard InChI is InChI=1S/C5H8ClNO2/c1-3(6)5(9)7-4(2)8/h3H,1-2H3,(H,7,8,9). The van der Waals surface area contributed by atoms with Gasteiger partial charge in [0.15, 0.2) is 0 Å². The lowest BCUT2D eigenvalue weighted by molar-refractivity contribution is -0.128. The van der Waals surface area contributed by atoms with Crippen LogP contribution in [0.15, 0.2) is 0 Å². The first kappa shape index (κ1) is 8.43. The monoisotopic (exact) mass is 149 g/mol. The molecule has 0 aliphatic heterocycles. The van der Waals surface area contributed by atoms with Gasteiger partial charge in [-0.1, -0.05) is 0 Å². The number of amides is 2. The predicted molar refractivity (Wildman–Crippen MR) is 34.1 cm³/mol. The fourth-order valence-electron chi connectivity index (χ4n) is 0.273. The average molecular weight is 150 g/mol. The first-order valence-corrected chi connectivity index (χ1v) is 2.93. The Morgan fingerprint density at radius 2 is 2.00 bits per heavy atom. The van der Waals surface area contributed by atoms with Crippen LogP contribution in [0.5, 0.6) is 0 Å². The molecule has 0 spiro atoms. The Bertz CT molecular complexity index is 133. The molecule has 52 valence electrons. The van der Waals surface area contributed by atoms with Crippen LogP contribution in [0, 0.1) is 0 Å². The summed E-state index contributed by atoms with van der Waals surface area (Å²) in [7, 11) is 0. The molecule has 0 aliphatic carbocycles. The predicted octanol–water partition coefficient (Wildman–Crippen LogP) is 0.276. The van der Waals surface area contributed by atoms with E-state index in [2.05, 4.69) is 0 Å². The zero-order valence-electron chi connectivity index (χ0n) is 5.27. The Morgan fingerprint density at radius 3 is 2.11 bits per heavy atom. The van der Waals surface area contributed by atoms with Crippen molar-refractivity contribution in [3.63, 3.8) is 0 Å². The molecule has 0 saturated carbocycles. The van der Waals surface area contributed by atoms with Crippen molar-refractivity contribution in [1.29, 1.82) is 0 Å². The van der Waals surface area contributed by atoms with Crippen molar-refractivity contribution in [2.45, 2.75) is 19.2 Å². The van der Waals surface area contributed by atoms with E-state index < -0.39 is 11.3 Å². The minimum absolute atomic E-state index is 0.382. The first-order valence-electron chi connectivity index (χ1n) is 2.49. The van der Waals surface area contributed by atoms with Crippen molar-refractivity contribution < 1.29 is 9.59 Å². The molecule has 0 rings (SSSR count). The molecule has 1 unspecified atom stereocenters. The maximum atomic E-state index is 10.5. The van der Waals surface area contributed by atoms with E-state index in [1.165, 1.54) is 13.8 Å². The van der Waals surface area contributed by atoms with Crippen molar-refractivity contribution in [2.75, 3.05) is 0 Å². The van der Waals surface area contributed by atoms with E-state index in [1.54, 1.807) is 0 Å². The third-order valence-corrected chi connectivity index (χ3v) is 0.859. The maximum Gasteiger partial charge on any atom is 0.244 e. The quantitative estimate of drug-likeness (QED) is 0.545. The second-order valence-electron chi connectivity index (χ2n) is 1.66. The van der Waals surface area contributed by atoms with Crippen LogP contribution >= 0.6 is 11.6 Å². The van der Waals surface area contributed by atoms with Gasteiger partial charge in [0.05, 0.1) is 0 Å². The molecule has 0 aliphatic rings. The van der Waals surface area contributed by atoms with E-state index in [-0.39, 0.29) is 5.91 Å². The van der Waals surface area contributed by atoms with E-state index in [9.17, 15) is 9.59 Å². The van der Waals surface area contributed by atoms with Crippen molar-refractivity contribution in [3.8, 4) is 0 Å². The number of nitrogens with one attached hydrogen (secondary N) is 1. The fraction of sp³-hybridized carbons (Fsp3) is 0.600. The van der Waals surface area contributed by atoms with Gasteiger partial charge in [-0.05, 0) is 6.92 Å². The number of carbonyl (C=O) groups excluding carboxylic acids is 2. The van der Waals surface area contributed by atoms with Gasteiger partial charge in [-0.2, -0.15) is 0 Å². The largest absolute Gasteiger partial charge is 0.295 e. The summed E-state index contributed by atoms with van der Waals surface area (Å²) in [4.78, 5) is 20.7. The molecule has 3 nitrogen and oxygen atoms in total. The van der Waals surface area contributed by atoms with Crippen LogP contribution in [-0.4, -0.2) is 17.2 Å². The number of imide groups is 1. The van der Waals surface area contributed by atoms with Gasteiger partial charge in [0.25, 0.3) is 0 Å². The Morgan fingerprint density at radius 1 is 1.56 bits per heavy atom. The molecule has 9 heavy (non-hydrogen) atoms. The molecule has 0 heterocycles. The summed E-state index contributed by atoms with van der Waals surface area (Å²) < 4.78 is 0. The van der Waals surface area contributed by atoms with Crippen LogP contribution in [-0.2, 0) is 9.59 Å². The first-order chi connectivity index (χ1) is 4.04. The summed E-state index contributed by atoms with van der Waals surface area (Å²) in [6.07, 6.45) is 0. The van der Waals surface area contributed by atoms with Gasteiger partial charge in [0.1, 0.15) is 5.38 Å². The van der Waals surface area contributed by atoms with Gasteiger partial charge in [-0.15, -0.1) is 11.6 Å². The van der Waals surface area contributed by atoms with Crippen LogP contribution in [0.3, 0.4) is 0 Å². The van der Waals surface area contributed by atoms with Crippen LogP contribution in [0.4, 0.5) is 0 Å². The summed E-state index contributed by atoms with van der Waals surface area (Å²) in [5, 5.41) is 1.39. The number of hydrogen-bond donors (Lipinski definition) is 1. The molecule has 4 heteroatoms. The van der Waals surface area contributed by atoms with Crippen molar-refractivity contribution in [3.05, 3.63) is 0 Å². The van der Waals surface area contributed by atoms with Gasteiger partial charge in [0.2, 0.25) is 11.8 Å². The van der Waals surface area contributed by atoms with Crippen molar-refractivity contribution in [2.24, 2.45) is 0 Å². The van der Waals surface area contributed by atoms with Crippen LogP contribution < -0.4 is 5.32 Å². The summed E-state index contributed by atoms with van der Waals surface area (Å²) >= 11 is 5.31. The molecule has 0 radical (unpaired) electrons. The third kappa shape index (κ3) is 3.97. The van der Waals surface area contributed by atoms with Gasteiger partial charge >= 0.3 is 0 Å². The number of carbonyl (C=O) groups is 2. The molecule has 1 atom stereocenters. The van der Waals surface area contributed by atoms with E-state index >= 15 is 0 Å². The van der Waals surface area contributed by atoms with Crippen molar-refractivity contribution in [1.82, 2.24) is 5.32 Å². The molecule has 1 N–H and O–H groups in total. The highest BCUT2D eigenvalue weighted by Crippen LogP contribution is 1.90. The zero-order chi connectivity index (χ0) is 7.44.